The van der Waals surface area contributed by atoms with E-state index in [4.69, 9.17) is 4.98 Å². The number of thiophene rings is 1. The summed E-state index contributed by atoms with van der Waals surface area (Å²) < 4.78 is 2.90. The number of carbonyl (C=O) groups excluding carboxylic acids is 1. The van der Waals surface area contributed by atoms with Crippen LogP contribution in [0.1, 0.15) is 28.8 Å². The Labute approximate surface area is 198 Å². The number of aryl methyl sites for hydroxylation is 2. The van der Waals surface area contributed by atoms with E-state index in [1.165, 1.54) is 15.0 Å². The Morgan fingerprint density at radius 1 is 1.06 bits per heavy atom. The van der Waals surface area contributed by atoms with Crippen molar-refractivity contribution in [2.45, 2.75) is 38.8 Å². The number of fused-ring (bicyclic) bond motifs is 5. The molecule has 0 radical (unpaired) electrons. The van der Waals surface area contributed by atoms with Crippen LogP contribution in [0, 0.1) is 0 Å². The lowest BCUT2D eigenvalue weighted by Gasteiger charge is -2.11. The topological polar surface area (TPSA) is 94.2 Å². The third kappa shape index (κ3) is 3.58. The van der Waals surface area contributed by atoms with Crippen molar-refractivity contribution >= 4 is 33.1 Å². The number of amides is 1. The lowest BCUT2D eigenvalue weighted by Crippen LogP contribution is -2.34. The molecule has 0 atom stereocenters. The monoisotopic (exact) mass is 470 g/mol. The summed E-state index contributed by atoms with van der Waals surface area (Å²) in [7, 11) is 0. The molecule has 0 unspecified atom stereocenters. The number of aromatic nitrogens is 5. The minimum absolute atomic E-state index is 0.0675. The van der Waals surface area contributed by atoms with E-state index in [0.717, 1.165) is 47.0 Å². The molecule has 0 bridgehead atoms. The van der Waals surface area contributed by atoms with Gasteiger partial charge in [0, 0.05) is 29.4 Å². The SMILES string of the molecule is O=C(Cn1c(=O)n2nc(-c3ccncc3)nc2c2c3c(sc21)CCCC3)NCc1ccccc1. The number of rotatable bonds is 5. The van der Waals surface area contributed by atoms with Crippen LogP contribution in [0.3, 0.4) is 0 Å². The third-order valence-corrected chi connectivity index (χ3v) is 7.53. The maximum absolute atomic E-state index is 13.5. The van der Waals surface area contributed by atoms with Crippen molar-refractivity contribution in [2.24, 2.45) is 0 Å². The van der Waals surface area contributed by atoms with E-state index in [9.17, 15) is 9.59 Å². The predicted molar refractivity (Wildman–Crippen MR) is 131 cm³/mol. The summed E-state index contributed by atoms with van der Waals surface area (Å²) in [6.45, 7) is 0.345. The molecule has 0 spiro atoms. The van der Waals surface area contributed by atoms with E-state index >= 15 is 0 Å². The molecule has 170 valence electrons. The minimum Gasteiger partial charge on any atom is -0.350 e. The van der Waals surface area contributed by atoms with E-state index in [1.807, 2.05) is 42.5 Å². The van der Waals surface area contributed by atoms with Gasteiger partial charge in [-0.15, -0.1) is 16.4 Å². The molecular weight excluding hydrogens is 448 g/mol. The lowest BCUT2D eigenvalue weighted by molar-refractivity contribution is -0.121. The Balaban J connectivity index is 1.46. The second kappa shape index (κ2) is 8.49. The van der Waals surface area contributed by atoms with E-state index in [1.54, 1.807) is 28.3 Å². The lowest BCUT2D eigenvalue weighted by atomic mass is 9.97. The number of pyridine rings is 1. The number of benzene rings is 1. The molecule has 4 heterocycles. The van der Waals surface area contributed by atoms with Gasteiger partial charge in [-0.25, -0.2) is 9.78 Å². The summed E-state index contributed by atoms with van der Waals surface area (Å²) in [5.41, 5.74) is 3.25. The molecule has 1 aliphatic carbocycles. The smallest absolute Gasteiger partial charge is 0.350 e. The van der Waals surface area contributed by atoms with Gasteiger partial charge in [-0.1, -0.05) is 30.3 Å². The zero-order valence-electron chi connectivity index (χ0n) is 18.4. The molecule has 0 saturated carbocycles. The van der Waals surface area contributed by atoms with Crippen molar-refractivity contribution in [3.8, 4) is 11.4 Å². The fourth-order valence-electron chi connectivity index (χ4n) is 4.54. The quantitative estimate of drug-likeness (QED) is 0.425. The van der Waals surface area contributed by atoms with Crippen molar-refractivity contribution in [2.75, 3.05) is 0 Å². The highest BCUT2D eigenvalue weighted by atomic mass is 32.1. The van der Waals surface area contributed by atoms with Crippen LogP contribution >= 0.6 is 11.3 Å². The summed E-state index contributed by atoms with van der Waals surface area (Å²) in [6, 6.07) is 13.4. The fourth-order valence-corrected chi connectivity index (χ4v) is 5.92. The highest BCUT2D eigenvalue weighted by Crippen LogP contribution is 2.37. The third-order valence-electron chi connectivity index (χ3n) is 6.21. The summed E-state index contributed by atoms with van der Waals surface area (Å²) in [5, 5.41) is 8.42. The zero-order valence-corrected chi connectivity index (χ0v) is 19.2. The molecule has 0 saturated heterocycles. The molecule has 0 aliphatic heterocycles. The molecular formula is C25H22N6O2S. The number of nitrogens with one attached hydrogen (secondary N) is 1. The standard InChI is InChI=1S/C25H22N6O2S/c32-20(27-14-16-6-2-1-3-7-16)15-30-24-21(18-8-4-5-9-19(18)34-24)23-28-22(29-31(23)25(30)33)17-10-12-26-13-11-17/h1-3,6-7,10-13H,4-5,8-9,14-15H2,(H,27,32). The first-order valence-electron chi connectivity index (χ1n) is 11.3. The van der Waals surface area contributed by atoms with Gasteiger partial charge in [0.2, 0.25) is 5.91 Å². The van der Waals surface area contributed by atoms with E-state index in [-0.39, 0.29) is 18.1 Å². The van der Waals surface area contributed by atoms with Gasteiger partial charge in [0.25, 0.3) is 0 Å². The number of nitrogens with zero attached hydrogens (tertiary/aromatic N) is 5. The summed E-state index contributed by atoms with van der Waals surface area (Å²) >= 11 is 1.61. The normalized spacial score (nSPS) is 13.3. The fraction of sp³-hybridized carbons (Fsp3) is 0.240. The molecule has 1 N–H and O–H groups in total. The number of carbonyl (C=O) groups is 1. The average molecular weight is 471 g/mol. The Hall–Kier alpha value is -3.85. The molecule has 1 amide bonds. The van der Waals surface area contributed by atoms with Crippen LogP contribution in [0.25, 0.3) is 27.3 Å². The Kier molecular flexibility index (Phi) is 5.18. The molecule has 0 fully saturated rings. The Morgan fingerprint density at radius 3 is 2.68 bits per heavy atom. The highest BCUT2D eigenvalue weighted by Gasteiger charge is 2.25. The number of hydrogen-bond donors (Lipinski definition) is 1. The van der Waals surface area contributed by atoms with Gasteiger partial charge in [-0.2, -0.15) is 4.52 Å². The van der Waals surface area contributed by atoms with Crippen LogP contribution in [0.2, 0.25) is 0 Å². The van der Waals surface area contributed by atoms with Crippen LogP contribution in [0.4, 0.5) is 0 Å². The van der Waals surface area contributed by atoms with Crippen LogP contribution in [-0.4, -0.2) is 30.1 Å². The molecule has 1 aliphatic rings. The van der Waals surface area contributed by atoms with Gasteiger partial charge >= 0.3 is 5.69 Å². The average Bonchev–Trinajstić information content (AvgIpc) is 3.49. The summed E-state index contributed by atoms with van der Waals surface area (Å²) in [5.74, 6) is 0.260. The summed E-state index contributed by atoms with van der Waals surface area (Å²) in [4.78, 5) is 37.3. The molecule has 4 aromatic heterocycles. The zero-order chi connectivity index (χ0) is 23.1. The van der Waals surface area contributed by atoms with Crippen molar-refractivity contribution in [3.05, 3.63) is 81.3 Å². The second-order valence-corrected chi connectivity index (χ2v) is 9.51. The van der Waals surface area contributed by atoms with Gasteiger partial charge in [-0.05, 0) is 48.9 Å². The van der Waals surface area contributed by atoms with Crippen molar-refractivity contribution < 1.29 is 4.79 Å². The van der Waals surface area contributed by atoms with Gasteiger partial charge in [0.1, 0.15) is 11.4 Å². The molecule has 34 heavy (non-hydrogen) atoms. The van der Waals surface area contributed by atoms with E-state index in [0.29, 0.717) is 18.0 Å². The molecule has 5 aromatic rings. The van der Waals surface area contributed by atoms with Crippen molar-refractivity contribution in [1.29, 1.82) is 0 Å². The highest BCUT2D eigenvalue weighted by molar-refractivity contribution is 7.19. The molecule has 9 heteroatoms. The molecule has 6 rings (SSSR count). The van der Waals surface area contributed by atoms with E-state index in [2.05, 4.69) is 15.4 Å². The second-order valence-electron chi connectivity index (χ2n) is 8.43. The predicted octanol–water partition coefficient (Wildman–Crippen LogP) is 3.36. The van der Waals surface area contributed by atoms with Gasteiger partial charge in [0.15, 0.2) is 11.5 Å². The first kappa shape index (κ1) is 20.7. The van der Waals surface area contributed by atoms with Crippen LogP contribution < -0.4 is 11.0 Å². The molecule has 1 aromatic carbocycles. The Bertz CT molecular complexity index is 1570. The van der Waals surface area contributed by atoms with Crippen LogP contribution in [0.15, 0.2) is 59.7 Å². The van der Waals surface area contributed by atoms with Crippen LogP contribution in [0.5, 0.6) is 0 Å². The maximum Gasteiger partial charge on any atom is 0.352 e. The maximum atomic E-state index is 13.5. The number of hydrogen-bond acceptors (Lipinski definition) is 6. The Morgan fingerprint density at radius 2 is 1.85 bits per heavy atom. The van der Waals surface area contributed by atoms with Crippen LogP contribution in [-0.2, 0) is 30.7 Å². The van der Waals surface area contributed by atoms with Crippen molar-refractivity contribution in [1.82, 2.24) is 29.5 Å². The largest absolute Gasteiger partial charge is 0.352 e. The summed E-state index contributed by atoms with van der Waals surface area (Å²) in [6.07, 6.45) is 7.53. The van der Waals surface area contributed by atoms with Crippen molar-refractivity contribution in [3.63, 3.8) is 0 Å². The minimum atomic E-state index is -0.358. The van der Waals surface area contributed by atoms with Gasteiger partial charge in [-0.3, -0.25) is 14.3 Å². The van der Waals surface area contributed by atoms with Gasteiger partial charge < -0.3 is 5.32 Å². The molecule has 8 nitrogen and oxygen atoms in total. The first-order valence-corrected chi connectivity index (χ1v) is 12.2. The van der Waals surface area contributed by atoms with Gasteiger partial charge in [0.05, 0.1) is 5.39 Å². The first-order chi connectivity index (χ1) is 16.7. The van der Waals surface area contributed by atoms with E-state index < -0.39 is 0 Å².